The Labute approximate surface area is 156 Å². The third-order valence-corrected chi connectivity index (χ3v) is 6.95. The number of aliphatic hydroxyl groups is 1. The Morgan fingerprint density at radius 1 is 1.36 bits per heavy atom. The average Bonchev–Trinajstić information content (AvgIpc) is 2.87. The van der Waals surface area contributed by atoms with Crippen molar-refractivity contribution in [3.05, 3.63) is 32.6 Å². The molecule has 18 heteroatoms. The summed E-state index contributed by atoms with van der Waals surface area (Å²) in [5.41, 5.74) is -1.20. The van der Waals surface area contributed by atoms with E-state index in [9.17, 15) is 33.3 Å². The fraction of sp³-hybridized carbons (Fsp3) is 0.600. The number of aliphatic hydroxyl groups excluding tert-OH is 1. The maximum Gasteiger partial charge on any atom is 0.705 e. The van der Waals surface area contributed by atoms with E-state index in [-0.39, 0.29) is 12.0 Å². The Morgan fingerprint density at radius 2 is 2.00 bits per heavy atom. The topological polar surface area (TPSA) is 224 Å². The zero-order chi connectivity index (χ0) is 21.3. The van der Waals surface area contributed by atoms with Crippen LogP contribution in [0.25, 0.3) is 0 Å². The van der Waals surface area contributed by atoms with Gasteiger partial charge in [0, 0.05) is 22.7 Å². The molecule has 158 valence electrons. The first-order chi connectivity index (χ1) is 12.8. The number of aromatic amines is 1. The molecule has 1 saturated heterocycles. The molecule has 0 bridgehead atoms. The molecule has 28 heavy (non-hydrogen) atoms. The molecule has 0 saturated carbocycles. The molecular formula is C10H16N2O13P3+. The fourth-order valence-electron chi connectivity index (χ4n) is 2.26. The van der Waals surface area contributed by atoms with Crippen LogP contribution in [0.1, 0.15) is 18.2 Å². The van der Waals surface area contributed by atoms with E-state index < -0.39 is 60.2 Å². The maximum absolute atomic E-state index is 11.8. The zero-order valence-electron chi connectivity index (χ0n) is 14.0. The van der Waals surface area contributed by atoms with E-state index in [1.165, 1.54) is 13.1 Å². The average molecular weight is 465 g/mol. The molecule has 0 amide bonds. The molecule has 5 N–H and O–H groups in total. The van der Waals surface area contributed by atoms with Crippen LogP contribution in [0.5, 0.6) is 0 Å². The third-order valence-electron chi connectivity index (χ3n) is 3.44. The zero-order valence-corrected chi connectivity index (χ0v) is 16.7. The Balaban J connectivity index is 2.02. The lowest BCUT2D eigenvalue weighted by molar-refractivity contribution is -0.0450. The highest BCUT2D eigenvalue weighted by molar-refractivity contribution is 7.64. The van der Waals surface area contributed by atoms with Crippen LogP contribution in [-0.4, -0.2) is 48.2 Å². The fourth-order valence-corrected chi connectivity index (χ4v) is 4.92. The largest absolute Gasteiger partial charge is 0.705 e. The summed E-state index contributed by atoms with van der Waals surface area (Å²) in [5, 5.41) is 9.98. The summed E-state index contributed by atoms with van der Waals surface area (Å²) in [6, 6.07) is 0. The lowest BCUT2D eigenvalue weighted by Gasteiger charge is -2.18. The summed E-state index contributed by atoms with van der Waals surface area (Å²) in [5.74, 6) is 0. The molecule has 2 heterocycles. The van der Waals surface area contributed by atoms with Crippen molar-refractivity contribution in [2.24, 2.45) is 0 Å². The van der Waals surface area contributed by atoms with Gasteiger partial charge in [0.2, 0.25) is 0 Å². The number of aromatic nitrogens is 2. The second-order valence-electron chi connectivity index (χ2n) is 5.54. The molecule has 0 aliphatic carbocycles. The van der Waals surface area contributed by atoms with Crippen LogP contribution in [0.4, 0.5) is 0 Å². The van der Waals surface area contributed by atoms with Gasteiger partial charge in [-0.1, -0.05) is 0 Å². The van der Waals surface area contributed by atoms with Crippen molar-refractivity contribution in [1.29, 1.82) is 0 Å². The van der Waals surface area contributed by atoms with E-state index in [0.29, 0.717) is 0 Å². The van der Waals surface area contributed by atoms with Gasteiger partial charge in [0.1, 0.15) is 12.3 Å². The van der Waals surface area contributed by atoms with Crippen LogP contribution in [0.15, 0.2) is 15.8 Å². The smallest absolute Gasteiger partial charge is 0.390 e. The number of aryl methyl sites for hydroxylation is 1. The summed E-state index contributed by atoms with van der Waals surface area (Å²) in [6.07, 6.45) is -2.48. The lowest BCUT2D eigenvalue weighted by Crippen LogP contribution is -2.33. The molecule has 0 aromatic carbocycles. The summed E-state index contributed by atoms with van der Waals surface area (Å²) in [6.45, 7) is 0.628. The molecule has 1 fully saturated rings. The lowest BCUT2D eigenvalue weighted by atomic mass is 10.2. The Bertz CT molecular complexity index is 957. The van der Waals surface area contributed by atoms with Gasteiger partial charge < -0.3 is 14.7 Å². The number of rotatable bonds is 8. The second-order valence-corrected chi connectivity index (χ2v) is 9.46. The van der Waals surface area contributed by atoms with Crippen LogP contribution in [-0.2, 0) is 31.6 Å². The van der Waals surface area contributed by atoms with E-state index >= 15 is 0 Å². The number of ether oxygens (including phenoxy) is 1. The summed E-state index contributed by atoms with van der Waals surface area (Å²) < 4.78 is 51.4. The third kappa shape index (κ3) is 6.21. The van der Waals surface area contributed by atoms with E-state index in [0.717, 1.165) is 4.57 Å². The summed E-state index contributed by atoms with van der Waals surface area (Å²) in [4.78, 5) is 52.1. The normalized spacial score (nSPS) is 27.2. The standard InChI is InChI=1S/C10H15N2O13P3/c1-5-3-12(10(15)11-9(5)14)8-2-6(13)7(23-8)4-22-27(18,19)25-28(20,21)24-26(16)17/h3,6-8,13H,2,4H2,1H3,(H3-,11,14,15,16,17,18,19,20,21)/p+1/t6?,7-,8-/m1/s1. The highest BCUT2D eigenvalue weighted by Gasteiger charge is 2.44. The van der Waals surface area contributed by atoms with Crippen LogP contribution < -0.4 is 11.2 Å². The molecule has 15 nitrogen and oxygen atoms in total. The predicted octanol–water partition coefficient (Wildman–Crippen LogP) is -0.606. The molecule has 1 aromatic heterocycles. The van der Waals surface area contributed by atoms with Gasteiger partial charge in [-0.2, -0.15) is 4.31 Å². The highest BCUT2D eigenvalue weighted by atomic mass is 31.3. The van der Waals surface area contributed by atoms with Gasteiger partial charge in [0.15, 0.2) is 0 Å². The van der Waals surface area contributed by atoms with Crippen LogP contribution in [0.3, 0.4) is 0 Å². The second kappa shape index (κ2) is 8.74. The number of phosphoric ester groups is 1. The van der Waals surface area contributed by atoms with Gasteiger partial charge in [-0.25, -0.2) is 13.9 Å². The van der Waals surface area contributed by atoms with Gasteiger partial charge in [0.25, 0.3) is 5.56 Å². The SMILES string of the molecule is Cc1cn([C@H]2CC(O)[C@@H](COP(=O)(O)OP(=O)(O)O[P+](=O)O)O2)c(=O)[nH]c1=O. The molecule has 1 aromatic rings. The predicted molar refractivity (Wildman–Crippen MR) is 88.2 cm³/mol. The summed E-state index contributed by atoms with van der Waals surface area (Å²) in [7, 11) is -14.2. The van der Waals surface area contributed by atoms with E-state index in [2.05, 4.69) is 13.1 Å². The van der Waals surface area contributed by atoms with Crippen molar-refractivity contribution in [1.82, 2.24) is 9.55 Å². The van der Waals surface area contributed by atoms with Gasteiger partial charge >= 0.3 is 29.6 Å². The number of hydrogen-bond donors (Lipinski definition) is 5. The van der Waals surface area contributed by atoms with Crippen LogP contribution in [0.2, 0.25) is 0 Å². The van der Waals surface area contributed by atoms with Crippen molar-refractivity contribution in [3.8, 4) is 0 Å². The minimum absolute atomic E-state index is 0.136. The van der Waals surface area contributed by atoms with Crippen LogP contribution >= 0.6 is 23.9 Å². The van der Waals surface area contributed by atoms with Crippen molar-refractivity contribution in [2.75, 3.05) is 6.61 Å². The number of nitrogens with one attached hydrogen (secondary N) is 1. The van der Waals surface area contributed by atoms with Gasteiger partial charge in [-0.3, -0.25) is 23.8 Å². The maximum atomic E-state index is 11.8. The van der Waals surface area contributed by atoms with E-state index in [1.54, 1.807) is 0 Å². The van der Waals surface area contributed by atoms with E-state index in [4.69, 9.17) is 14.5 Å². The first-order valence-corrected chi connectivity index (χ1v) is 11.4. The Kier molecular flexibility index (Phi) is 7.24. The first kappa shape index (κ1) is 23.2. The van der Waals surface area contributed by atoms with Gasteiger partial charge in [-0.05, 0) is 11.2 Å². The monoisotopic (exact) mass is 465 g/mol. The van der Waals surface area contributed by atoms with Crippen molar-refractivity contribution in [3.63, 3.8) is 0 Å². The number of hydrogen-bond acceptors (Lipinski definition) is 10. The number of phosphoric acid groups is 2. The summed E-state index contributed by atoms with van der Waals surface area (Å²) >= 11 is 0. The van der Waals surface area contributed by atoms with Crippen molar-refractivity contribution >= 4 is 23.9 Å². The van der Waals surface area contributed by atoms with Gasteiger partial charge in [0.05, 0.1) is 12.7 Å². The Hall–Kier alpha value is -1.08. The van der Waals surface area contributed by atoms with Crippen LogP contribution in [0, 0.1) is 6.92 Å². The molecule has 0 radical (unpaired) electrons. The molecule has 6 atom stereocenters. The number of H-pyrrole nitrogens is 1. The molecule has 1 aliphatic heterocycles. The number of nitrogens with zero attached hydrogens (tertiary/aromatic N) is 1. The minimum atomic E-state index is -5.38. The van der Waals surface area contributed by atoms with Crippen molar-refractivity contribution in [2.45, 2.75) is 31.8 Å². The molecule has 4 unspecified atom stereocenters. The first-order valence-electron chi connectivity index (χ1n) is 7.32. The highest BCUT2D eigenvalue weighted by Crippen LogP contribution is 2.63. The van der Waals surface area contributed by atoms with Crippen molar-refractivity contribution < 1.29 is 51.4 Å². The quantitative estimate of drug-likeness (QED) is 0.303. The Morgan fingerprint density at radius 3 is 2.61 bits per heavy atom. The van der Waals surface area contributed by atoms with E-state index in [1.807, 2.05) is 4.98 Å². The molecule has 2 rings (SSSR count). The van der Waals surface area contributed by atoms with Gasteiger partial charge in [-0.15, -0.1) is 4.89 Å². The molecule has 1 aliphatic rings. The molecular weight excluding hydrogens is 449 g/mol. The molecule has 0 spiro atoms. The minimum Gasteiger partial charge on any atom is -0.390 e.